The predicted molar refractivity (Wildman–Crippen MR) is 195 cm³/mol. The molecule has 2 aliphatic heterocycles. The van der Waals surface area contributed by atoms with Crippen molar-refractivity contribution in [3.05, 3.63) is 59.3 Å². The van der Waals surface area contributed by atoms with Crippen molar-refractivity contribution in [2.75, 3.05) is 65.4 Å². The second kappa shape index (κ2) is 16.8. The van der Waals surface area contributed by atoms with Gasteiger partial charge in [-0.3, -0.25) is 9.36 Å². The number of likely N-dealkylation sites (N-methyl/N-ethyl adjacent to an activating group) is 3. The van der Waals surface area contributed by atoms with Crippen molar-refractivity contribution in [3.8, 4) is 5.75 Å². The van der Waals surface area contributed by atoms with Crippen molar-refractivity contribution in [2.45, 2.75) is 57.5 Å². The van der Waals surface area contributed by atoms with Gasteiger partial charge in [-0.25, -0.2) is 21.3 Å². The minimum atomic E-state index is -1.40. The molecule has 5 rings (SSSR count). The van der Waals surface area contributed by atoms with Crippen LogP contribution in [0.2, 0.25) is 0 Å². The molecular formula is C35H46N8O8S. The van der Waals surface area contributed by atoms with Crippen molar-refractivity contribution in [3.63, 3.8) is 0 Å². The lowest BCUT2D eigenvalue weighted by Gasteiger charge is -2.41. The fraction of sp³-hybridized carbons (Fsp3) is 0.543. The number of rotatable bonds is 10. The zero-order valence-corrected chi connectivity index (χ0v) is 30.8. The van der Waals surface area contributed by atoms with Gasteiger partial charge in [0.1, 0.15) is 42.8 Å². The largest absolute Gasteiger partial charge is 0.466 e. The van der Waals surface area contributed by atoms with E-state index in [-0.39, 0.29) is 48.8 Å². The highest BCUT2D eigenvalue weighted by atomic mass is 32.1. The number of thiocarbonyl (C=S) groups is 1. The van der Waals surface area contributed by atoms with Crippen LogP contribution < -0.4 is 9.64 Å². The molecule has 2 amide bonds. The number of carbonyl (C=O) groups is 2. The summed E-state index contributed by atoms with van der Waals surface area (Å²) >= 11 is 5.50. The minimum Gasteiger partial charge on any atom is -0.466 e. The van der Waals surface area contributed by atoms with Gasteiger partial charge in [-0.1, -0.05) is 13.0 Å². The molecule has 17 heteroatoms. The molecular weight excluding hydrogens is 693 g/mol. The molecule has 0 bridgehead atoms. The number of carbonyl (C=O) groups excluding carboxylic acids is 2. The number of aliphatic hydroxyl groups excluding tert-OH is 3. The first-order chi connectivity index (χ1) is 24.8. The van der Waals surface area contributed by atoms with Gasteiger partial charge in [0.05, 0.1) is 18.0 Å². The van der Waals surface area contributed by atoms with Crippen LogP contribution in [0, 0.1) is 19.4 Å². The summed E-state index contributed by atoms with van der Waals surface area (Å²) in [7, 11) is 5.42. The molecule has 3 N–H and O–H groups in total. The van der Waals surface area contributed by atoms with E-state index in [0.717, 1.165) is 17.5 Å². The van der Waals surface area contributed by atoms with Crippen molar-refractivity contribution in [1.29, 1.82) is 0 Å². The molecule has 52 heavy (non-hydrogen) atoms. The fourth-order valence-electron chi connectivity index (χ4n) is 6.35. The Labute approximate surface area is 307 Å². The molecule has 4 heterocycles. The summed E-state index contributed by atoms with van der Waals surface area (Å²) in [6.07, 6.45) is -1.14. The Morgan fingerprint density at radius 1 is 1.12 bits per heavy atom. The molecule has 0 saturated carbocycles. The summed E-state index contributed by atoms with van der Waals surface area (Å²) in [5, 5.41) is 30.7. The van der Waals surface area contributed by atoms with Gasteiger partial charge in [0.2, 0.25) is 6.29 Å². The number of hydrogen-bond acceptors (Lipinski definition) is 12. The lowest BCUT2D eigenvalue weighted by atomic mass is 9.92. The molecule has 3 aromatic rings. The third kappa shape index (κ3) is 8.54. The fourth-order valence-corrected chi connectivity index (χ4v) is 6.50. The number of aromatic nitrogens is 3. The maximum Gasteiger partial charge on any atom is 0.329 e. The molecule has 2 aliphatic rings. The third-order valence-electron chi connectivity index (χ3n) is 9.69. The van der Waals surface area contributed by atoms with E-state index in [1.54, 1.807) is 47.1 Å². The van der Waals surface area contributed by atoms with E-state index in [0.29, 0.717) is 48.8 Å². The average Bonchev–Trinajstić information content (AvgIpc) is 3.58. The molecule has 1 aromatic carbocycles. The first-order valence-electron chi connectivity index (χ1n) is 17.0. The maximum atomic E-state index is 13.6. The molecule has 6 atom stereocenters. The number of piperidine rings is 1. The number of aryl methyl sites for hydroxylation is 1. The van der Waals surface area contributed by atoms with E-state index < -0.39 is 24.6 Å². The zero-order valence-electron chi connectivity index (χ0n) is 30.0. The Morgan fingerprint density at radius 3 is 2.60 bits per heavy atom. The lowest BCUT2D eigenvalue weighted by Crippen LogP contribution is -2.54. The number of benzene rings is 1. The quantitative estimate of drug-likeness (QED) is 0.202. The van der Waals surface area contributed by atoms with Gasteiger partial charge in [-0.2, -0.15) is 0 Å². The topological polar surface area (TPSA) is 171 Å². The minimum absolute atomic E-state index is 0.0222. The standard InChI is InChI=1S/C35H46N8O8S/c1-21-9-11-42(28(45)16-36-3)17-25(21)41(6)31-24-10-12-43(32(24)38-20-37-31)34(48)39(4)13-14-40(5)35(52)50-18-23-7-8-27(22(2)15-23)51-33-30(47)29(46)26(44)19-49-33/h7-8,10,12,15,20-21,25-26,29-30,33,44,46-47H,9,11,13-14,16-19H2,1-2,4-6H3/t21-,25+,26-,29+,30-,33+/m1/s1. The molecule has 280 valence electrons. The van der Waals surface area contributed by atoms with Crippen molar-refractivity contribution >= 4 is 46.2 Å². The van der Waals surface area contributed by atoms with Gasteiger partial charge in [0.15, 0.2) is 5.65 Å². The van der Waals surface area contributed by atoms with Crippen LogP contribution in [0.25, 0.3) is 15.9 Å². The van der Waals surface area contributed by atoms with E-state index in [9.17, 15) is 24.9 Å². The zero-order chi connectivity index (χ0) is 37.7. The second-order valence-corrected chi connectivity index (χ2v) is 13.7. The SMILES string of the molecule is [C-]#[N+]CC(=O)N1CC[C@@H](C)[C@@H](N(C)c2ncnc3c2ccn3C(=O)N(C)CCN(C)C(=S)OCc2ccc(O[C@@H]3OC[C@@H](O)[C@H](O)[C@H]3O)c(C)c2)C1. The van der Waals surface area contributed by atoms with Gasteiger partial charge in [0, 0.05) is 53.5 Å². The number of nitrogens with zero attached hydrogens (tertiary/aromatic N) is 8. The normalized spacial score (nSPS) is 23.1. The highest BCUT2D eigenvalue weighted by Gasteiger charge is 2.39. The summed E-state index contributed by atoms with van der Waals surface area (Å²) in [5.41, 5.74) is 2.04. The first kappa shape index (κ1) is 38.6. The summed E-state index contributed by atoms with van der Waals surface area (Å²) in [6.45, 7) is 12.8. The summed E-state index contributed by atoms with van der Waals surface area (Å²) in [5.74, 6) is 1.22. The Kier molecular flexibility index (Phi) is 12.5. The summed E-state index contributed by atoms with van der Waals surface area (Å²) in [4.78, 5) is 45.4. The van der Waals surface area contributed by atoms with Crippen molar-refractivity contribution in [1.82, 2.24) is 29.2 Å². The van der Waals surface area contributed by atoms with E-state index in [1.807, 2.05) is 31.0 Å². The highest BCUT2D eigenvalue weighted by Crippen LogP contribution is 2.30. The number of aliphatic hydroxyl groups is 3. The van der Waals surface area contributed by atoms with Crippen LogP contribution in [0.1, 0.15) is 24.5 Å². The van der Waals surface area contributed by atoms with Gasteiger partial charge in [-0.05, 0) is 60.8 Å². The van der Waals surface area contributed by atoms with Gasteiger partial charge < -0.3 is 54.0 Å². The molecule has 2 aromatic heterocycles. The van der Waals surface area contributed by atoms with Crippen LogP contribution in [0.15, 0.2) is 36.8 Å². The monoisotopic (exact) mass is 738 g/mol. The van der Waals surface area contributed by atoms with Crippen LogP contribution in [0.5, 0.6) is 5.75 Å². The van der Waals surface area contributed by atoms with E-state index in [1.165, 1.54) is 10.9 Å². The number of fused-ring (bicyclic) bond motifs is 1. The van der Waals surface area contributed by atoms with Crippen LogP contribution in [0.3, 0.4) is 0 Å². The molecule has 2 fully saturated rings. The summed E-state index contributed by atoms with van der Waals surface area (Å²) < 4.78 is 18.4. The van der Waals surface area contributed by atoms with Crippen LogP contribution in [-0.2, 0) is 20.9 Å². The van der Waals surface area contributed by atoms with Gasteiger partial charge in [0.25, 0.3) is 11.7 Å². The molecule has 2 saturated heterocycles. The number of hydrogen-bond donors (Lipinski definition) is 3. The van der Waals surface area contributed by atoms with E-state index in [4.69, 9.17) is 33.0 Å². The van der Waals surface area contributed by atoms with Crippen LogP contribution in [0.4, 0.5) is 10.6 Å². The number of ether oxygens (including phenoxy) is 3. The van der Waals surface area contributed by atoms with Crippen molar-refractivity contribution < 1.29 is 39.1 Å². The highest BCUT2D eigenvalue weighted by molar-refractivity contribution is 7.80. The van der Waals surface area contributed by atoms with Gasteiger partial charge in [-0.15, -0.1) is 0 Å². The Morgan fingerprint density at radius 2 is 1.87 bits per heavy atom. The number of likely N-dealkylation sites (tertiary alicyclic amines) is 1. The molecule has 0 unspecified atom stereocenters. The van der Waals surface area contributed by atoms with E-state index in [2.05, 4.69) is 21.7 Å². The Hall–Kier alpha value is -4.60. The molecule has 0 aliphatic carbocycles. The van der Waals surface area contributed by atoms with Gasteiger partial charge >= 0.3 is 11.9 Å². The van der Waals surface area contributed by atoms with E-state index >= 15 is 0 Å². The molecule has 0 radical (unpaired) electrons. The Bertz CT molecular complexity index is 1800. The average molecular weight is 739 g/mol. The lowest BCUT2D eigenvalue weighted by molar-refractivity contribution is -0.242. The predicted octanol–water partition coefficient (Wildman–Crippen LogP) is 1.48. The number of anilines is 1. The first-order valence-corrected chi connectivity index (χ1v) is 17.4. The third-order valence-corrected chi connectivity index (χ3v) is 10.1. The maximum absolute atomic E-state index is 13.6. The molecule has 16 nitrogen and oxygen atoms in total. The van der Waals surface area contributed by atoms with Crippen LogP contribution in [-0.4, -0.2) is 153 Å². The number of amides is 2. The Balaban J connectivity index is 1.14. The van der Waals surface area contributed by atoms with Crippen molar-refractivity contribution in [2.24, 2.45) is 5.92 Å². The summed E-state index contributed by atoms with van der Waals surface area (Å²) in [6, 6.07) is 6.86. The second-order valence-electron chi connectivity index (χ2n) is 13.4. The smallest absolute Gasteiger partial charge is 0.329 e. The van der Waals surface area contributed by atoms with Crippen LogP contribution >= 0.6 is 12.2 Å². The molecule has 0 spiro atoms.